The second-order valence-corrected chi connectivity index (χ2v) is 4.77. The van der Waals surface area contributed by atoms with Crippen molar-refractivity contribution in [3.05, 3.63) is 35.9 Å². The maximum atomic E-state index is 11.8. The molecule has 7 heteroatoms. The monoisotopic (exact) mass is 306 g/mol. The van der Waals surface area contributed by atoms with E-state index in [4.69, 9.17) is 10.8 Å². The molecule has 4 N–H and O–H groups in total. The van der Waals surface area contributed by atoms with Crippen molar-refractivity contribution < 1.29 is 24.3 Å². The highest BCUT2D eigenvalue weighted by Gasteiger charge is 2.21. The van der Waals surface area contributed by atoms with Crippen LogP contribution in [0.25, 0.3) is 0 Å². The standard InChI is InChI=1S/C15H18N2O5/c16-13(19)9-11(15(21)22)17-14(20)8-4-7-12(18)10-5-2-1-3-6-10/h1-3,5-6,11H,4,7-9H2,(H2,16,19)(H,17,20)(H,21,22). The Bertz CT molecular complexity index is 556. The summed E-state index contributed by atoms with van der Waals surface area (Å²) in [4.78, 5) is 45.0. The van der Waals surface area contributed by atoms with E-state index in [-0.39, 0.29) is 18.6 Å². The highest BCUT2D eigenvalue weighted by Crippen LogP contribution is 2.07. The van der Waals surface area contributed by atoms with Gasteiger partial charge >= 0.3 is 5.97 Å². The first-order chi connectivity index (χ1) is 10.4. The summed E-state index contributed by atoms with van der Waals surface area (Å²) in [5.41, 5.74) is 5.48. The van der Waals surface area contributed by atoms with E-state index in [1.54, 1.807) is 30.3 Å². The minimum atomic E-state index is -1.34. The summed E-state index contributed by atoms with van der Waals surface area (Å²) >= 11 is 0. The molecule has 1 rings (SSSR count). The van der Waals surface area contributed by atoms with Crippen LogP contribution in [0.4, 0.5) is 0 Å². The Labute approximate surface area is 127 Å². The minimum Gasteiger partial charge on any atom is -0.480 e. The molecule has 0 aliphatic carbocycles. The van der Waals surface area contributed by atoms with Gasteiger partial charge in [-0.3, -0.25) is 14.4 Å². The third-order valence-electron chi connectivity index (χ3n) is 2.94. The predicted molar refractivity (Wildman–Crippen MR) is 78.0 cm³/mol. The molecule has 0 spiro atoms. The third-order valence-corrected chi connectivity index (χ3v) is 2.94. The van der Waals surface area contributed by atoms with Crippen molar-refractivity contribution in [1.82, 2.24) is 5.32 Å². The molecule has 22 heavy (non-hydrogen) atoms. The van der Waals surface area contributed by atoms with E-state index in [1.165, 1.54) is 0 Å². The van der Waals surface area contributed by atoms with Crippen LogP contribution in [0, 0.1) is 0 Å². The molecular formula is C15H18N2O5. The van der Waals surface area contributed by atoms with Crippen molar-refractivity contribution in [2.75, 3.05) is 0 Å². The minimum absolute atomic E-state index is 0.00111. The molecule has 2 amide bonds. The molecule has 0 saturated heterocycles. The van der Waals surface area contributed by atoms with E-state index in [9.17, 15) is 19.2 Å². The first-order valence-corrected chi connectivity index (χ1v) is 6.79. The second kappa shape index (κ2) is 8.56. The van der Waals surface area contributed by atoms with Gasteiger partial charge < -0.3 is 16.2 Å². The molecule has 0 fully saturated rings. The van der Waals surface area contributed by atoms with Crippen molar-refractivity contribution in [1.29, 1.82) is 0 Å². The number of rotatable bonds is 9. The van der Waals surface area contributed by atoms with Gasteiger partial charge in [-0.05, 0) is 6.42 Å². The molecule has 7 nitrogen and oxygen atoms in total. The van der Waals surface area contributed by atoms with Gasteiger partial charge in [-0.1, -0.05) is 30.3 Å². The van der Waals surface area contributed by atoms with E-state index in [0.29, 0.717) is 12.0 Å². The summed E-state index contributed by atoms with van der Waals surface area (Å²) in [6.07, 6.45) is 0.0125. The molecule has 1 atom stereocenters. The van der Waals surface area contributed by atoms with Crippen molar-refractivity contribution in [2.24, 2.45) is 5.73 Å². The lowest BCUT2D eigenvalue weighted by Gasteiger charge is -2.12. The molecule has 0 bridgehead atoms. The molecular weight excluding hydrogens is 288 g/mol. The van der Waals surface area contributed by atoms with Gasteiger partial charge in [0.25, 0.3) is 0 Å². The van der Waals surface area contributed by atoms with Crippen molar-refractivity contribution >= 4 is 23.6 Å². The number of carbonyl (C=O) groups is 4. The van der Waals surface area contributed by atoms with Gasteiger partial charge in [-0.25, -0.2) is 4.79 Å². The maximum absolute atomic E-state index is 11.8. The number of carbonyl (C=O) groups excluding carboxylic acids is 3. The van der Waals surface area contributed by atoms with E-state index in [1.807, 2.05) is 0 Å². The van der Waals surface area contributed by atoms with Crippen molar-refractivity contribution in [2.45, 2.75) is 31.7 Å². The van der Waals surface area contributed by atoms with Crippen LogP contribution in [-0.2, 0) is 14.4 Å². The van der Waals surface area contributed by atoms with Crippen LogP contribution in [0.5, 0.6) is 0 Å². The van der Waals surface area contributed by atoms with E-state index in [0.717, 1.165) is 0 Å². The zero-order chi connectivity index (χ0) is 16.5. The Kier molecular flexibility index (Phi) is 6.75. The Morgan fingerprint density at radius 3 is 2.27 bits per heavy atom. The first kappa shape index (κ1) is 17.4. The molecule has 1 unspecified atom stereocenters. The van der Waals surface area contributed by atoms with Crippen LogP contribution in [0.2, 0.25) is 0 Å². The number of nitrogens with one attached hydrogen (secondary N) is 1. The lowest BCUT2D eigenvalue weighted by Crippen LogP contribution is -2.43. The summed E-state index contributed by atoms with van der Waals surface area (Å²) in [5.74, 6) is -2.76. The molecule has 0 aromatic heterocycles. The summed E-state index contributed by atoms with van der Waals surface area (Å²) in [6.45, 7) is 0. The maximum Gasteiger partial charge on any atom is 0.326 e. The third kappa shape index (κ3) is 6.17. The summed E-state index contributed by atoms with van der Waals surface area (Å²) in [6, 6.07) is 7.35. The lowest BCUT2D eigenvalue weighted by atomic mass is 10.1. The number of carboxylic acids is 1. The Morgan fingerprint density at radius 1 is 1.09 bits per heavy atom. The topological polar surface area (TPSA) is 127 Å². The molecule has 0 aliphatic rings. The fourth-order valence-electron chi connectivity index (χ4n) is 1.85. The van der Waals surface area contributed by atoms with Gasteiger partial charge in [-0.2, -0.15) is 0 Å². The quantitative estimate of drug-likeness (QED) is 0.572. The number of carboxylic acid groups (broad SMARTS) is 1. The fraction of sp³-hybridized carbons (Fsp3) is 0.333. The van der Waals surface area contributed by atoms with Crippen LogP contribution in [0.15, 0.2) is 30.3 Å². The average molecular weight is 306 g/mol. The number of primary amides is 1. The first-order valence-electron chi connectivity index (χ1n) is 6.79. The van der Waals surface area contributed by atoms with Gasteiger partial charge in [0.2, 0.25) is 11.8 Å². The number of nitrogens with two attached hydrogens (primary N) is 1. The van der Waals surface area contributed by atoms with Crippen LogP contribution in [0.3, 0.4) is 0 Å². The van der Waals surface area contributed by atoms with Gasteiger partial charge in [-0.15, -0.1) is 0 Å². The summed E-state index contributed by atoms with van der Waals surface area (Å²) < 4.78 is 0. The lowest BCUT2D eigenvalue weighted by molar-refractivity contribution is -0.143. The Morgan fingerprint density at radius 2 is 1.73 bits per heavy atom. The Hall–Kier alpha value is -2.70. The zero-order valence-corrected chi connectivity index (χ0v) is 12.0. The molecule has 1 aromatic carbocycles. The molecule has 0 radical (unpaired) electrons. The molecule has 118 valence electrons. The second-order valence-electron chi connectivity index (χ2n) is 4.77. The van der Waals surface area contributed by atoms with Gasteiger partial charge in [0.05, 0.1) is 6.42 Å². The number of Topliss-reactive ketones (excluding diaryl/α,β-unsaturated/α-hetero) is 1. The van der Waals surface area contributed by atoms with Gasteiger partial charge in [0.15, 0.2) is 5.78 Å². The van der Waals surface area contributed by atoms with E-state index >= 15 is 0 Å². The number of amides is 2. The van der Waals surface area contributed by atoms with Crippen LogP contribution in [-0.4, -0.2) is 34.7 Å². The smallest absolute Gasteiger partial charge is 0.326 e. The number of ketones is 1. The number of aliphatic carboxylic acids is 1. The average Bonchev–Trinajstić information content (AvgIpc) is 2.46. The predicted octanol–water partition coefficient (Wildman–Crippen LogP) is 0.484. The Balaban J connectivity index is 2.38. The summed E-state index contributed by atoms with van der Waals surface area (Å²) in [7, 11) is 0. The van der Waals surface area contributed by atoms with E-state index in [2.05, 4.69) is 5.32 Å². The highest BCUT2D eigenvalue weighted by atomic mass is 16.4. The largest absolute Gasteiger partial charge is 0.480 e. The fourth-order valence-corrected chi connectivity index (χ4v) is 1.85. The van der Waals surface area contributed by atoms with Crippen LogP contribution in [0.1, 0.15) is 36.0 Å². The normalized spacial score (nSPS) is 11.5. The highest BCUT2D eigenvalue weighted by molar-refractivity contribution is 5.96. The molecule has 1 aromatic rings. The number of benzene rings is 1. The van der Waals surface area contributed by atoms with Crippen LogP contribution < -0.4 is 11.1 Å². The molecule has 0 saturated carbocycles. The van der Waals surface area contributed by atoms with Crippen molar-refractivity contribution in [3.8, 4) is 0 Å². The van der Waals surface area contributed by atoms with Crippen LogP contribution >= 0.6 is 0 Å². The zero-order valence-electron chi connectivity index (χ0n) is 12.0. The molecule has 0 aliphatic heterocycles. The van der Waals surface area contributed by atoms with Crippen molar-refractivity contribution in [3.63, 3.8) is 0 Å². The number of hydrogen-bond acceptors (Lipinski definition) is 4. The van der Waals surface area contributed by atoms with Gasteiger partial charge in [0, 0.05) is 18.4 Å². The van der Waals surface area contributed by atoms with Gasteiger partial charge in [0.1, 0.15) is 6.04 Å². The number of hydrogen-bond donors (Lipinski definition) is 3. The SMILES string of the molecule is NC(=O)CC(NC(=O)CCCC(=O)c1ccccc1)C(=O)O. The summed E-state index contributed by atoms with van der Waals surface area (Å²) in [5, 5.41) is 11.1. The molecule has 0 heterocycles. The van der Waals surface area contributed by atoms with E-state index < -0.39 is 30.2 Å².